The summed E-state index contributed by atoms with van der Waals surface area (Å²) >= 11 is 6.04. The number of hydrogen-bond acceptors (Lipinski definition) is 5. The van der Waals surface area contributed by atoms with E-state index < -0.39 is 6.36 Å². The van der Waals surface area contributed by atoms with Crippen molar-refractivity contribution in [3.8, 4) is 5.75 Å². The van der Waals surface area contributed by atoms with Gasteiger partial charge >= 0.3 is 6.36 Å². The highest BCUT2D eigenvalue weighted by Gasteiger charge is 2.30. The molecule has 0 aliphatic heterocycles. The number of aromatic nitrogens is 2. The van der Waals surface area contributed by atoms with Gasteiger partial charge in [-0.2, -0.15) is 0 Å². The predicted molar refractivity (Wildman–Crippen MR) is 115 cm³/mol. The van der Waals surface area contributed by atoms with Gasteiger partial charge in [0.1, 0.15) is 17.1 Å². The molecule has 7 nitrogen and oxygen atoms in total. The molecule has 1 aromatic carbocycles. The number of amides is 1. The van der Waals surface area contributed by atoms with Crippen molar-refractivity contribution < 1.29 is 22.7 Å². The maximum Gasteiger partial charge on any atom is 0.573 e. The first kappa shape index (κ1) is 23.1. The first-order valence-electron chi connectivity index (χ1n) is 9.45. The highest BCUT2D eigenvalue weighted by molar-refractivity contribution is 6.30. The molecule has 0 radical (unpaired) electrons. The molecule has 0 unspecified atom stereocenters. The topological polar surface area (TPSA) is 94.0 Å². The van der Waals surface area contributed by atoms with Gasteiger partial charge < -0.3 is 15.8 Å². The van der Waals surface area contributed by atoms with Crippen LogP contribution < -0.4 is 15.8 Å². The first-order chi connectivity index (χ1) is 15.2. The predicted octanol–water partition coefficient (Wildman–Crippen LogP) is 4.42. The van der Waals surface area contributed by atoms with Crippen LogP contribution in [0.5, 0.6) is 5.75 Å². The normalized spacial score (nSPS) is 12.5. The molecule has 32 heavy (non-hydrogen) atoms. The van der Waals surface area contributed by atoms with Crippen LogP contribution in [0.3, 0.4) is 0 Å². The van der Waals surface area contributed by atoms with E-state index in [1.807, 2.05) is 6.92 Å². The van der Waals surface area contributed by atoms with Crippen molar-refractivity contribution in [2.45, 2.75) is 19.7 Å². The Kier molecular flexibility index (Phi) is 7.04. The number of pyridine rings is 1. The summed E-state index contributed by atoms with van der Waals surface area (Å²) in [6.45, 7) is 1.95. The Morgan fingerprint density at radius 1 is 1.28 bits per heavy atom. The summed E-state index contributed by atoms with van der Waals surface area (Å²) in [5.41, 5.74) is 8.26. The molecular formula is C21H19ClF3N5O2. The molecular weight excluding hydrogens is 447 g/mol. The zero-order chi connectivity index (χ0) is 23.3. The second-order valence-corrected chi connectivity index (χ2v) is 7.02. The summed E-state index contributed by atoms with van der Waals surface area (Å²) in [7, 11) is 0. The molecule has 2 heterocycles. The molecule has 168 valence electrons. The van der Waals surface area contributed by atoms with Crippen molar-refractivity contribution in [3.05, 3.63) is 70.8 Å². The van der Waals surface area contributed by atoms with Crippen LogP contribution in [0, 0.1) is 0 Å². The number of nitrogens with two attached hydrogens (primary N) is 1. The molecule has 0 saturated carbocycles. The molecule has 0 spiro atoms. The number of nitrogens with zero attached hydrogens (tertiary/aromatic N) is 3. The number of ether oxygens (including phenoxy) is 1. The minimum absolute atomic E-state index is 0.0557. The van der Waals surface area contributed by atoms with Crippen molar-refractivity contribution >= 4 is 35.1 Å². The lowest BCUT2D eigenvalue weighted by molar-refractivity contribution is -0.274. The van der Waals surface area contributed by atoms with E-state index in [0.717, 1.165) is 12.1 Å². The fourth-order valence-electron chi connectivity index (χ4n) is 2.83. The van der Waals surface area contributed by atoms with Gasteiger partial charge in [0.05, 0.1) is 22.9 Å². The van der Waals surface area contributed by atoms with E-state index in [2.05, 4.69) is 20.0 Å². The Hall–Kier alpha value is -3.53. The number of benzene rings is 1. The summed E-state index contributed by atoms with van der Waals surface area (Å²) in [6.07, 6.45) is 0.292. The molecule has 0 saturated heterocycles. The highest BCUT2D eigenvalue weighted by atomic mass is 35.5. The van der Waals surface area contributed by atoms with Crippen LogP contribution in [0.25, 0.3) is 5.65 Å². The Labute approximate surface area is 186 Å². The van der Waals surface area contributed by atoms with E-state index in [0.29, 0.717) is 39.9 Å². The van der Waals surface area contributed by atoms with Crippen LogP contribution in [0.15, 0.2) is 59.4 Å². The van der Waals surface area contributed by atoms with E-state index in [1.54, 1.807) is 22.7 Å². The van der Waals surface area contributed by atoms with Gasteiger partial charge in [-0.3, -0.25) is 14.2 Å². The number of hydrogen-bond donors (Lipinski definition) is 2. The van der Waals surface area contributed by atoms with Gasteiger partial charge in [-0.25, -0.2) is 4.98 Å². The van der Waals surface area contributed by atoms with Crippen LogP contribution in [0.1, 0.15) is 23.1 Å². The molecule has 0 aliphatic rings. The van der Waals surface area contributed by atoms with Crippen molar-refractivity contribution in [1.29, 1.82) is 0 Å². The molecule has 11 heteroatoms. The monoisotopic (exact) mass is 465 g/mol. The number of aryl methyl sites for hydroxylation is 1. The third-order valence-electron chi connectivity index (χ3n) is 4.24. The number of allylic oxidation sites excluding steroid dienone is 1. The average molecular weight is 466 g/mol. The van der Waals surface area contributed by atoms with Crippen LogP contribution in [0.4, 0.5) is 18.9 Å². The number of carbonyl (C=O) groups is 1. The Bertz CT molecular complexity index is 1170. The van der Waals surface area contributed by atoms with Gasteiger partial charge in [0, 0.05) is 18.1 Å². The van der Waals surface area contributed by atoms with Gasteiger partial charge in [0.25, 0.3) is 5.91 Å². The molecule has 0 atom stereocenters. The summed E-state index contributed by atoms with van der Waals surface area (Å²) in [6, 6.07) is 8.46. The number of imidazole rings is 1. The lowest BCUT2D eigenvalue weighted by Gasteiger charge is -2.08. The highest BCUT2D eigenvalue weighted by Crippen LogP contribution is 2.24. The third-order valence-corrected chi connectivity index (χ3v) is 4.46. The smallest absolute Gasteiger partial charge is 0.406 e. The zero-order valence-electron chi connectivity index (χ0n) is 16.9. The van der Waals surface area contributed by atoms with Crippen LogP contribution >= 0.6 is 11.6 Å². The lowest BCUT2D eigenvalue weighted by atomic mass is 10.2. The lowest BCUT2D eigenvalue weighted by Crippen LogP contribution is -2.29. The van der Waals surface area contributed by atoms with Crippen LogP contribution in [0.2, 0.25) is 5.02 Å². The fraction of sp³-hybridized carbons (Fsp3) is 0.190. The number of nitrogens with one attached hydrogen (secondary N) is 1. The molecule has 0 aliphatic carbocycles. The van der Waals surface area contributed by atoms with Crippen LogP contribution in [-0.2, 0) is 6.42 Å². The Morgan fingerprint density at radius 2 is 2.00 bits per heavy atom. The average Bonchev–Trinajstić information content (AvgIpc) is 3.10. The summed E-state index contributed by atoms with van der Waals surface area (Å²) in [5.74, 6) is -0.695. The van der Waals surface area contributed by atoms with E-state index in [4.69, 9.17) is 17.3 Å². The van der Waals surface area contributed by atoms with Crippen molar-refractivity contribution in [2.75, 3.05) is 6.54 Å². The van der Waals surface area contributed by atoms with E-state index in [9.17, 15) is 18.0 Å². The molecule has 0 bridgehead atoms. The quantitative estimate of drug-likeness (QED) is 0.505. The van der Waals surface area contributed by atoms with Gasteiger partial charge in [-0.15, -0.1) is 13.2 Å². The minimum atomic E-state index is -4.75. The largest absolute Gasteiger partial charge is 0.573 e. The fourth-order valence-corrected chi connectivity index (χ4v) is 2.99. The second-order valence-electron chi connectivity index (χ2n) is 6.58. The zero-order valence-corrected chi connectivity index (χ0v) is 17.6. The number of rotatable bonds is 7. The van der Waals surface area contributed by atoms with Gasteiger partial charge in [0.15, 0.2) is 0 Å². The van der Waals surface area contributed by atoms with Gasteiger partial charge in [-0.1, -0.05) is 18.5 Å². The van der Waals surface area contributed by atoms with Crippen molar-refractivity contribution in [3.63, 3.8) is 0 Å². The Balaban J connectivity index is 1.62. The third kappa shape index (κ3) is 6.01. The number of alkyl halides is 3. The minimum Gasteiger partial charge on any atom is -0.406 e. The molecule has 3 N–H and O–H groups in total. The maximum absolute atomic E-state index is 12.7. The van der Waals surface area contributed by atoms with E-state index in [-0.39, 0.29) is 18.2 Å². The Morgan fingerprint density at radius 3 is 2.66 bits per heavy atom. The summed E-state index contributed by atoms with van der Waals surface area (Å²) in [5, 5.41) is 3.20. The standard InChI is InChI=1S/C21H19ClF3N5O2/c1-2-17-19(30-12-13(22)3-8-18(30)29-17)20(31)28-11-14(26)9-10-27-15-4-6-16(7-5-15)32-21(23,24)25/h3-10,12H,2,11,26H2,1H3,(H,28,31). The van der Waals surface area contributed by atoms with Crippen molar-refractivity contribution in [1.82, 2.24) is 14.7 Å². The molecule has 2 aromatic heterocycles. The van der Waals surface area contributed by atoms with E-state index >= 15 is 0 Å². The van der Waals surface area contributed by atoms with Crippen LogP contribution in [-0.4, -0.2) is 34.4 Å². The SMILES string of the molecule is CCc1nc2ccc(Cl)cn2c1C(=O)NCC(N)=CC=Nc1ccc(OC(F)(F)F)cc1. The van der Waals surface area contributed by atoms with Gasteiger partial charge in [0.2, 0.25) is 0 Å². The molecule has 3 aromatic rings. The summed E-state index contributed by atoms with van der Waals surface area (Å²) < 4.78 is 42.0. The molecule has 1 amide bonds. The van der Waals surface area contributed by atoms with Crippen molar-refractivity contribution in [2.24, 2.45) is 10.7 Å². The number of fused-ring (bicyclic) bond motifs is 1. The first-order valence-corrected chi connectivity index (χ1v) is 9.83. The number of halogens is 4. The number of carbonyl (C=O) groups excluding carboxylic acids is 1. The second kappa shape index (κ2) is 9.73. The van der Waals surface area contributed by atoms with E-state index in [1.165, 1.54) is 24.4 Å². The molecule has 3 rings (SSSR count). The molecule has 0 fully saturated rings. The number of aliphatic imine (C=N–C) groups is 1. The summed E-state index contributed by atoms with van der Waals surface area (Å²) in [4.78, 5) is 21.2. The maximum atomic E-state index is 12.7. The van der Waals surface area contributed by atoms with Gasteiger partial charge in [-0.05, 0) is 48.9 Å².